The van der Waals surface area contributed by atoms with Gasteiger partial charge in [-0.2, -0.15) is 0 Å². The van der Waals surface area contributed by atoms with Crippen LogP contribution in [0.1, 0.15) is 37.8 Å². The van der Waals surface area contributed by atoms with Crippen molar-refractivity contribution in [2.75, 3.05) is 11.4 Å². The van der Waals surface area contributed by atoms with Gasteiger partial charge in [0.1, 0.15) is 0 Å². The van der Waals surface area contributed by atoms with Crippen LogP contribution in [-0.2, 0) is 6.54 Å². The largest absolute Gasteiger partial charge is 0.368 e. The lowest BCUT2D eigenvalue weighted by atomic mass is 9.91. The first-order valence-corrected chi connectivity index (χ1v) is 6.69. The monoisotopic (exact) mass is 232 g/mol. The molecule has 2 heteroatoms. The molecule has 2 rings (SSSR count). The van der Waals surface area contributed by atoms with Gasteiger partial charge in [-0.3, -0.25) is 0 Å². The average molecular weight is 232 g/mol. The molecule has 1 heterocycles. The number of nitrogens with two attached hydrogens (primary N) is 1. The molecule has 2 atom stereocenters. The highest BCUT2D eigenvalue weighted by Crippen LogP contribution is 2.31. The van der Waals surface area contributed by atoms with Crippen LogP contribution < -0.4 is 10.6 Å². The highest BCUT2D eigenvalue weighted by molar-refractivity contribution is 5.56. The van der Waals surface area contributed by atoms with Gasteiger partial charge in [-0.15, -0.1) is 0 Å². The van der Waals surface area contributed by atoms with Crippen LogP contribution in [0.3, 0.4) is 0 Å². The Bertz CT molecular complexity index is 387. The van der Waals surface area contributed by atoms with Crippen LogP contribution in [0.4, 0.5) is 5.69 Å². The topological polar surface area (TPSA) is 29.3 Å². The van der Waals surface area contributed by atoms with Crippen molar-refractivity contribution in [3.05, 3.63) is 29.3 Å². The molecule has 1 aliphatic heterocycles. The molecule has 2 unspecified atom stereocenters. The molecule has 0 saturated carbocycles. The number of anilines is 1. The summed E-state index contributed by atoms with van der Waals surface area (Å²) in [5, 5.41) is 0. The van der Waals surface area contributed by atoms with Crippen molar-refractivity contribution in [3.63, 3.8) is 0 Å². The first kappa shape index (κ1) is 12.4. The van der Waals surface area contributed by atoms with E-state index < -0.39 is 0 Å². The summed E-state index contributed by atoms with van der Waals surface area (Å²) in [6.45, 7) is 8.65. The van der Waals surface area contributed by atoms with E-state index in [0.29, 0.717) is 12.6 Å². The number of benzene rings is 1. The van der Waals surface area contributed by atoms with E-state index in [1.165, 1.54) is 36.2 Å². The molecule has 1 fully saturated rings. The molecule has 1 saturated heterocycles. The van der Waals surface area contributed by atoms with Gasteiger partial charge in [0.05, 0.1) is 0 Å². The smallest absolute Gasteiger partial charge is 0.0416 e. The van der Waals surface area contributed by atoms with Gasteiger partial charge in [0.15, 0.2) is 0 Å². The van der Waals surface area contributed by atoms with Crippen LogP contribution in [0.5, 0.6) is 0 Å². The maximum atomic E-state index is 5.86. The van der Waals surface area contributed by atoms with Gasteiger partial charge in [0, 0.05) is 24.8 Å². The molecular formula is C15H24N2. The highest BCUT2D eigenvalue weighted by Gasteiger charge is 2.25. The van der Waals surface area contributed by atoms with Crippen molar-refractivity contribution in [3.8, 4) is 0 Å². The van der Waals surface area contributed by atoms with Crippen molar-refractivity contribution in [1.29, 1.82) is 0 Å². The van der Waals surface area contributed by atoms with E-state index in [0.717, 1.165) is 5.92 Å². The second-order valence-corrected chi connectivity index (χ2v) is 5.39. The Morgan fingerprint density at radius 2 is 2.12 bits per heavy atom. The van der Waals surface area contributed by atoms with E-state index in [1.807, 2.05) is 0 Å². The van der Waals surface area contributed by atoms with Gasteiger partial charge in [-0.1, -0.05) is 19.1 Å². The SMILES string of the molecule is Cc1ccc(CN)c(N2CCCC(C)C2C)c1. The number of nitrogens with zero attached hydrogens (tertiary/aromatic N) is 1. The summed E-state index contributed by atoms with van der Waals surface area (Å²) in [5.41, 5.74) is 9.81. The first-order chi connectivity index (χ1) is 8.13. The molecule has 2 N–H and O–H groups in total. The van der Waals surface area contributed by atoms with Gasteiger partial charge < -0.3 is 10.6 Å². The summed E-state index contributed by atoms with van der Waals surface area (Å²) in [5.74, 6) is 0.773. The second-order valence-electron chi connectivity index (χ2n) is 5.39. The number of piperidine rings is 1. The normalized spacial score (nSPS) is 25.1. The minimum absolute atomic E-state index is 0.621. The minimum atomic E-state index is 0.621. The zero-order valence-corrected chi connectivity index (χ0v) is 11.2. The van der Waals surface area contributed by atoms with Gasteiger partial charge in [-0.25, -0.2) is 0 Å². The van der Waals surface area contributed by atoms with Crippen LogP contribution in [0.25, 0.3) is 0 Å². The Labute approximate surface area is 105 Å². The zero-order chi connectivity index (χ0) is 12.4. The number of hydrogen-bond acceptors (Lipinski definition) is 2. The Kier molecular flexibility index (Phi) is 3.72. The molecule has 0 aliphatic carbocycles. The molecule has 17 heavy (non-hydrogen) atoms. The van der Waals surface area contributed by atoms with Crippen molar-refractivity contribution in [2.45, 2.75) is 46.2 Å². The van der Waals surface area contributed by atoms with Crippen LogP contribution in [0, 0.1) is 12.8 Å². The molecule has 0 aromatic heterocycles. The minimum Gasteiger partial charge on any atom is -0.368 e. The average Bonchev–Trinajstić information content (AvgIpc) is 2.33. The van der Waals surface area contributed by atoms with Crippen LogP contribution in [0.2, 0.25) is 0 Å². The van der Waals surface area contributed by atoms with E-state index in [-0.39, 0.29) is 0 Å². The third kappa shape index (κ3) is 2.47. The quantitative estimate of drug-likeness (QED) is 0.849. The fourth-order valence-electron chi connectivity index (χ4n) is 2.79. The van der Waals surface area contributed by atoms with E-state index >= 15 is 0 Å². The fraction of sp³-hybridized carbons (Fsp3) is 0.600. The van der Waals surface area contributed by atoms with E-state index in [1.54, 1.807) is 0 Å². The van der Waals surface area contributed by atoms with Crippen LogP contribution >= 0.6 is 0 Å². The maximum absolute atomic E-state index is 5.86. The van der Waals surface area contributed by atoms with Gasteiger partial charge in [0.2, 0.25) is 0 Å². The Morgan fingerprint density at radius 3 is 2.82 bits per heavy atom. The third-order valence-electron chi connectivity index (χ3n) is 4.14. The number of aryl methyl sites for hydroxylation is 1. The maximum Gasteiger partial charge on any atom is 0.0416 e. The Balaban J connectivity index is 2.34. The van der Waals surface area contributed by atoms with Crippen molar-refractivity contribution >= 4 is 5.69 Å². The van der Waals surface area contributed by atoms with Gasteiger partial charge in [-0.05, 0) is 49.8 Å². The molecule has 0 spiro atoms. The van der Waals surface area contributed by atoms with Crippen molar-refractivity contribution < 1.29 is 0 Å². The van der Waals surface area contributed by atoms with Crippen molar-refractivity contribution in [1.82, 2.24) is 0 Å². The van der Waals surface area contributed by atoms with Gasteiger partial charge >= 0.3 is 0 Å². The van der Waals surface area contributed by atoms with E-state index in [2.05, 4.69) is 43.9 Å². The lowest BCUT2D eigenvalue weighted by molar-refractivity contribution is 0.363. The summed E-state index contributed by atoms with van der Waals surface area (Å²) in [6, 6.07) is 7.24. The predicted octanol–water partition coefficient (Wildman–Crippen LogP) is 3.08. The third-order valence-corrected chi connectivity index (χ3v) is 4.14. The summed E-state index contributed by atoms with van der Waals surface area (Å²) >= 11 is 0. The second kappa shape index (κ2) is 5.09. The Morgan fingerprint density at radius 1 is 1.35 bits per heavy atom. The molecule has 0 amide bonds. The highest BCUT2D eigenvalue weighted by atomic mass is 15.2. The standard InChI is InChI=1S/C15H24N2/c1-11-6-7-14(10-16)15(9-11)17-8-4-5-12(2)13(17)3/h6-7,9,12-13H,4-5,8,10,16H2,1-3H3. The lowest BCUT2D eigenvalue weighted by Gasteiger charge is -2.40. The molecule has 0 radical (unpaired) electrons. The predicted molar refractivity (Wildman–Crippen MR) is 74.3 cm³/mol. The molecular weight excluding hydrogens is 208 g/mol. The number of hydrogen-bond donors (Lipinski definition) is 1. The van der Waals surface area contributed by atoms with E-state index in [9.17, 15) is 0 Å². The van der Waals surface area contributed by atoms with Crippen LogP contribution in [-0.4, -0.2) is 12.6 Å². The van der Waals surface area contributed by atoms with Crippen LogP contribution in [0.15, 0.2) is 18.2 Å². The zero-order valence-electron chi connectivity index (χ0n) is 11.2. The molecule has 1 aromatic rings. The van der Waals surface area contributed by atoms with Crippen molar-refractivity contribution in [2.24, 2.45) is 11.7 Å². The van der Waals surface area contributed by atoms with E-state index in [4.69, 9.17) is 5.73 Å². The molecule has 0 bridgehead atoms. The first-order valence-electron chi connectivity index (χ1n) is 6.69. The molecule has 94 valence electrons. The summed E-state index contributed by atoms with van der Waals surface area (Å²) in [4.78, 5) is 2.54. The molecule has 1 aliphatic rings. The molecule has 2 nitrogen and oxygen atoms in total. The molecule has 1 aromatic carbocycles. The summed E-state index contributed by atoms with van der Waals surface area (Å²) in [7, 11) is 0. The summed E-state index contributed by atoms with van der Waals surface area (Å²) in [6.07, 6.45) is 2.64. The van der Waals surface area contributed by atoms with Gasteiger partial charge in [0.25, 0.3) is 0 Å². The lowest BCUT2D eigenvalue weighted by Crippen LogP contribution is -2.43. The summed E-state index contributed by atoms with van der Waals surface area (Å²) < 4.78 is 0. The fourth-order valence-corrected chi connectivity index (χ4v) is 2.79. The number of rotatable bonds is 2. The Hall–Kier alpha value is -1.02.